The number of hydrogen-bond donors (Lipinski definition) is 0. The summed E-state index contributed by atoms with van der Waals surface area (Å²) in [6, 6.07) is 0. The van der Waals surface area contributed by atoms with Crippen molar-refractivity contribution < 1.29 is 4.65 Å². The molecule has 0 aromatic heterocycles. The quantitative estimate of drug-likeness (QED) is 0.372. The van der Waals surface area contributed by atoms with Gasteiger partial charge in [0.05, 0.1) is 0 Å². The molecule has 0 rings (SSSR count). The first-order chi connectivity index (χ1) is 1.91. The molecule has 0 N–H and O–H groups in total. The van der Waals surface area contributed by atoms with Gasteiger partial charge in [0.15, 0.2) is 0 Å². The summed E-state index contributed by atoms with van der Waals surface area (Å²) in [5, 5.41) is 0. The molecule has 1 nitrogen and oxygen atoms in total. The molecule has 0 aromatic rings. The fourth-order valence-electron chi connectivity index (χ4n) is 0. The lowest BCUT2D eigenvalue weighted by Crippen LogP contribution is -1.76. The molecule has 0 heterocycles. The Kier molecular flexibility index (Phi) is 3.04. The molecule has 0 aliphatic carbocycles. The topological polar surface area (TPSA) is 9.23 Å². The predicted octanol–water partition coefficient (Wildman–Crippen LogP) is -0.429. The van der Waals surface area contributed by atoms with Gasteiger partial charge in [0, 0.05) is 6.61 Å². The largest absolute Gasteiger partial charge is 0.444 e. The molecule has 2 heteroatoms. The summed E-state index contributed by atoms with van der Waals surface area (Å²) < 4.78 is 4.54. The van der Waals surface area contributed by atoms with Gasteiger partial charge in [0.2, 0.25) is 0 Å². The first-order valence-corrected chi connectivity index (χ1v) is 1.40. The first kappa shape index (κ1) is 4.02. The Morgan fingerprint density at radius 3 is 2.25 bits per heavy atom. The van der Waals surface area contributed by atoms with E-state index in [1.807, 2.05) is 6.92 Å². The molecular weight excluding hydrogens is 50.8 g/mol. The minimum atomic E-state index is 0.819. The van der Waals surface area contributed by atoms with Crippen molar-refractivity contribution in [3.8, 4) is 0 Å². The summed E-state index contributed by atoms with van der Waals surface area (Å²) in [4.78, 5) is 0. The molecule has 0 saturated heterocycles. The lowest BCUT2D eigenvalue weighted by Gasteiger charge is -1.76. The fourth-order valence-corrected chi connectivity index (χ4v) is 0. The van der Waals surface area contributed by atoms with Crippen LogP contribution in [0.1, 0.15) is 6.92 Å². The zero-order chi connectivity index (χ0) is 3.41. The number of hydrogen-bond acceptors (Lipinski definition) is 1. The summed E-state index contributed by atoms with van der Waals surface area (Å²) in [6.45, 7) is 2.78. The van der Waals surface area contributed by atoms with Gasteiger partial charge in [-0.05, 0) is 6.92 Å². The molecule has 0 aliphatic heterocycles. The maximum absolute atomic E-state index is 4.54. The van der Waals surface area contributed by atoms with E-state index in [-0.39, 0.29) is 0 Å². The van der Waals surface area contributed by atoms with Crippen LogP contribution < -0.4 is 0 Å². The van der Waals surface area contributed by atoms with E-state index in [9.17, 15) is 0 Å². The molecule has 0 spiro atoms. The Bertz CT molecular complexity index is 8.00. The molecule has 0 saturated carbocycles. The molecule has 0 amide bonds. The van der Waals surface area contributed by atoms with Crippen molar-refractivity contribution in [2.24, 2.45) is 0 Å². The van der Waals surface area contributed by atoms with Gasteiger partial charge in [0.25, 0.3) is 8.05 Å². The molecular formula is C2H7BO. The Balaban J connectivity index is 1.97. The average Bonchev–Trinajstić information content (AvgIpc) is 1.37. The standard InChI is InChI=1S/C2H7BO/c1-2-4-3/h2-3H2,1H3. The highest BCUT2D eigenvalue weighted by atomic mass is 16.4. The maximum atomic E-state index is 4.54. The molecule has 0 radical (unpaired) electrons. The molecule has 0 bridgehead atoms. The van der Waals surface area contributed by atoms with Crippen LogP contribution in [0.5, 0.6) is 0 Å². The van der Waals surface area contributed by atoms with Gasteiger partial charge in [-0.15, -0.1) is 0 Å². The second-order valence-corrected chi connectivity index (χ2v) is 0.577. The third-order valence-corrected chi connectivity index (χ3v) is 0.289. The summed E-state index contributed by atoms with van der Waals surface area (Å²) >= 11 is 0. The van der Waals surface area contributed by atoms with Crippen LogP contribution in [0.4, 0.5) is 0 Å². The normalized spacial score (nSPS) is 7.25. The van der Waals surface area contributed by atoms with E-state index in [0.717, 1.165) is 6.61 Å². The molecule has 4 heavy (non-hydrogen) atoms. The SMILES string of the molecule is BOCC. The summed E-state index contributed by atoms with van der Waals surface area (Å²) in [6.07, 6.45) is 0. The molecule has 0 aliphatic rings. The van der Waals surface area contributed by atoms with E-state index in [0.29, 0.717) is 0 Å². The van der Waals surface area contributed by atoms with Crippen LogP contribution in [0.15, 0.2) is 0 Å². The molecule has 24 valence electrons. The zero-order valence-corrected chi connectivity index (χ0v) is 3.12. The van der Waals surface area contributed by atoms with Crippen molar-refractivity contribution in [1.29, 1.82) is 0 Å². The lowest BCUT2D eigenvalue weighted by atomic mass is 10.6. The van der Waals surface area contributed by atoms with E-state index in [2.05, 4.69) is 4.65 Å². The summed E-state index contributed by atoms with van der Waals surface area (Å²) in [5.41, 5.74) is 0. The van der Waals surface area contributed by atoms with E-state index in [1.165, 1.54) is 0 Å². The summed E-state index contributed by atoms with van der Waals surface area (Å²) in [7, 11) is 1.68. The Hall–Kier alpha value is 0.0249. The monoisotopic (exact) mass is 58.1 g/mol. The van der Waals surface area contributed by atoms with Crippen LogP contribution in [-0.4, -0.2) is 14.7 Å². The van der Waals surface area contributed by atoms with Gasteiger partial charge in [-0.3, -0.25) is 0 Å². The van der Waals surface area contributed by atoms with Gasteiger partial charge < -0.3 is 4.65 Å². The van der Waals surface area contributed by atoms with Crippen molar-refractivity contribution in [1.82, 2.24) is 0 Å². The smallest absolute Gasteiger partial charge is 0.257 e. The van der Waals surface area contributed by atoms with Gasteiger partial charge in [-0.2, -0.15) is 0 Å². The molecule has 0 unspecified atom stereocenters. The van der Waals surface area contributed by atoms with Crippen LogP contribution in [0.25, 0.3) is 0 Å². The van der Waals surface area contributed by atoms with E-state index >= 15 is 0 Å². The lowest BCUT2D eigenvalue weighted by molar-refractivity contribution is 0.375. The van der Waals surface area contributed by atoms with E-state index < -0.39 is 0 Å². The summed E-state index contributed by atoms with van der Waals surface area (Å²) in [5.74, 6) is 0. The molecule has 0 aromatic carbocycles. The zero-order valence-electron chi connectivity index (χ0n) is 3.12. The third-order valence-electron chi connectivity index (χ3n) is 0.289. The van der Waals surface area contributed by atoms with Crippen LogP contribution in [-0.2, 0) is 4.65 Å². The first-order valence-electron chi connectivity index (χ1n) is 1.40. The van der Waals surface area contributed by atoms with Gasteiger partial charge in [-0.1, -0.05) is 0 Å². The minimum absolute atomic E-state index is 0.819. The highest BCUT2D eigenvalue weighted by molar-refractivity contribution is 5.97. The van der Waals surface area contributed by atoms with Crippen LogP contribution in [0.3, 0.4) is 0 Å². The van der Waals surface area contributed by atoms with Crippen LogP contribution in [0, 0.1) is 0 Å². The van der Waals surface area contributed by atoms with Crippen molar-refractivity contribution in [3.63, 3.8) is 0 Å². The van der Waals surface area contributed by atoms with E-state index in [1.54, 1.807) is 8.05 Å². The van der Waals surface area contributed by atoms with Crippen LogP contribution >= 0.6 is 0 Å². The van der Waals surface area contributed by atoms with Crippen molar-refractivity contribution in [2.45, 2.75) is 6.92 Å². The van der Waals surface area contributed by atoms with Gasteiger partial charge in [0.1, 0.15) is 0 Å². The van der Waals surface area contributed by atoms with Crippen molar-refractivity contribution in [3.05, 3.63) is 0 Å². The van der Waals surface area contributed by atoms with Crippen LogP contribution in [0.2, 0.25) is 0 Å². The highest BCUT2D eigenvalue weighted by Crippen LogP contribution is 1.50. The second kappa shape index (κ2) is 3.02. The third kappa shape index (κ3) is 2.02. The van der Waals surface area contributed by atoms with Crippen molar-refractivity contribution >= 4 is 8.05 Å². The fraction of sp³-hybridized carbons (Fsp3) is 1.00. The van der Waals surface area contributed by atoms with Gasteiger partial charge >= 0.3 is 0 Å². The van der Waals surface area contributed by atoms with E-state index in [4.69, 9.17) is 0 Å². The molecule has 0 atom stereocenters. The highest BCUT2D eigenvalue weighted by Gasteiger charge is 1.52. The van der Waals surface area contributed by atoms with Gasteiger partial charge in [-0.25, -0.2) is 0 Å². The Morgan fingerprint density at radius 1 is 2.00 bits per heavy atom. The van der Waals surface area contributed by atoms with Crippen molar-refractivity contribution in [2.75, 3.05) is 6.61 Å². The Labute approximate surface area is 27.4 Å². The Morgan fingerprint density at radius 2 is 2.25 bits per heavy atom. The average molecular weight is 57.9 g/mol. The second-order valence-electron chi connectivity index (χ2n) is 0.577. The minimum Gasteiger partial charge on any atom is -0.444 e. The predicted molar refractivity (Wildman–Crippen MR) is 20.2 cm³/mol. The molecule has 0 fully saturated rings. The number of rotatable bonds is 1. The maximum Gasteiger partial charge on any atom is 0.257 e.